The van der Waals surface area contributed by atoms with Gasteiger partial charge in [-0.15, -0.1) is 0 Å². The predicted octanol–water partition coefficient (Wildman–Crippen LogP) is 2.69. The van der Waals surface area contributed by atoms with Crippen LogP contribution in [-0.2, 0) is 4.79 Å². The van der Waals surface area contributed by atoms with Crippen molar-refractivity contribution in [1.29, 1.82) is 0 Å². The van der Waals surface area contributed by atoms with Crippen molar-refractivity contribution < 1.29 is 9.90 Å². The highest BCUT2D eigenvalue weighted by Gasteiger charge is 2.31. The zero-order valence-electron chi connectivity index (χ0n) is 9.96. The van der Waals surface area contributed by atoms with Gasteiger partial charge >= 0.3 is 5.97 Å². The summed E-state index contributed by atoms with van der Waals surface area (Å²) in [6.07, 6.45) is 0.635. The van der Waals surface area contributed by atoms with E-state index < -0.39 is 5.97 Å². The molecule has 1 heterocycles. The van der Waals surface area contributed by atoms with E-state index in [9.17, 15) is 4.79 Å². The van der Waals surface area contributed by atoms with Gasteiger partial charge in [-0.05, 0) is 49.1 Å². The Morgan fingerprint density at radius 3 is 2.76 bits per heavy atom. The summed E-state index contributed by atoms with van der Waals surface area (Å²) in [7, 11) is 0. The molecule has 0 amide bonds. The summed E-state index contributed by atoms with van der Waals surface area (Å²) in [6, 6.07) is 3.98. The average Bonchev–Trinajstić information content (AvgIpc) is 2.72. The molecule has 0 aliphatic carbocycles. The molecule has 2 unspecified atom stereocenters. The molecule has 1 saturated heterocycles. The molecule has 0 saturated carbocycles. The van der Waals surface area contributed by atoms with Gasteiger partial charge < -0.3 is 10.4 Å². The number of aliphatic carboxylic acids is 1. The minimum atomic E-state index is -0.726. The van der Waals surface area contributed by atoms with E-state index in [1.165, 1.54) is 5.56 Å². The Morgan fingerprint density at radius 2 is 2.18 bits per heavy atom. The third-order valence-corrected chi connectivity index (χ3v) is 3.75. The highest BCUT2D eigenvalue weighted by Crippen LogP contribution is 2.32. The van der Waals surface area contributed by atoms with Gasteiger partial charge in [-0.25, -0.2) is 0 Å². The first-order valence-electron chi connectivity index (χ1n) is 5.72. The van der Waals surface area contributed by atoms with Gasteiger partial charge in [0.15, 0.2) is 0 Å². The first-order valence-corrected chi connectivity index (χ1v) is 6.09. The maximum atomic E-state index is 10.9. The molecule has 1 aromatic rings. The first kappa shape index (κ1) is 12.4. The Hall–Kier alpha value is -1.06. The van der Waals surface area contributed by atoms with Crippen LogP contribution in [0.2, 0.25) is 5.02 Å². The quantitative estimate of drug-likeness (QED) is 0.852. The summed E-state index contributed by atoms with van der Waals surface area (Å²) in [6.45, 7) is 4.61. The lowest BCUT2D eigenvalue weighted by molar-refractivity contribution is -0.141. The minimum absolute atomic E-state index is 0.105. The van der Waals surface area contributed by atoms with Crippen LogP contribution in [0, 0.1) is 19.8 Å². The van der Waals surface area contributed by atoms with Crippen LogP contribution in [0.3, 0.4) is 0 Å². The van der Waals surface area contributed by atoms with Crippen molar-refractivity contribution in [3.63, 3.8) is 0 Å². The van der Waals surface area contributed by atoms with Gasteiger partial charge in [-0.1, -0.05) is 11.6 Å². The van der Waals surface area contributed by atoms with Gasteiger partial charge in [-0.3, -0.25) is 4.79 Å². The van der Waals surface area contributed by atoms with Crippen molar-refractivity contribution in [3.8, 4) is 0 Å². The topological polar surface area (TPSA) is 49.3 Å². The van der Waals surface area contributed by atoms with E-state index in [4.69, 9.17) is 16.7 Å². The molecule has 0 spiro atoms. The summed E-state index contributed by atoms with van der Waals surface area (Å²) in [5, 5.41) is 13.0. The largest absolute Gasteiger partial charge is 0.481 e. The van der Waals surface area contributed by atoms with Crippen LogP contribution in [0.15, 0.2) is 12.1 Å². The van der Waals surface area contributed by atoms with Crippen LogP contribution < -0.4 is 5.32 Å². The number of rotatable bonds is 2. The molecule has 2 atom stereocenters. The van der Waals surface area contributed by atoms with Gasteiger partial charge in [0.25, 0.3) is 0 Å². The SMILES string of the molecule is Cc1cc(Cl)cc(C2CC(C(=O)O)CN2)c1C. The summed E-state index contributed by atoms with van der Waals surface area (Å²) >= 11 is 6.06. The smallest absolute Gasteiger partial charge is 0.307 e. The molecule has 92 valence electrons. The van der Waals surface area contributed by atoms with Gasteiger partial charge in [0.1, 0.15) is 0 Å². The zero-order valence-corrected chi connectivity index (χ0v) is 10.7. The fourth-order valence-electron chi connectivity index (χ4n) is 2.36. The Kier molecular flexibility index (Phi) is 3.40. The van der Waals surface area contributed by atoms with Crippen LogP contribution in [0.1, 0.15) is 29.2 Å². The Morgan fingerprint density at radius 1 is 1.47 bits per heavy atom. The monoisotopic (exact) mass is 253 g/mol. The molecule has 1 aliphatic rings. The van der Waals surface area contributed by atoms with Gasteiger partial charge in [0.05, 0.1) is 5.92 Å². The number of carboxylic acids is 1. The number of halogens is 1. The molecule has 2 rings (SSSR count). The van der Waals surface area contributed by atoms with Crippen molar-refractivity contribution in [1.82, 2.24) is 5.32 Å². The number of benzene rings is 1. The van der Waals surface area contributed by atoms with Crippen molar-refractivity contribution in [3.05, 3.63) is 33.8 Å². The van der Waals surface area contributed by atoms with Crippen LogP contribution in [0.25, 0.3) is 0 Å². The molecule has 2 N–H and O–H groups in total. The highest BCUT2D eigenvalue weighted by atomic mass is 35.5. The van der Waals surface area contributed by atoms with Crippen LogP contribution >= 0.6 is 11.6 Å². The maximum absolute atomic E-state index is 10.9. The minimum Gasteiger partial charge on any atom is -0.481 e. The molecule has 0 radical (unpaired) electrons. The van der Waals surface area contributed by atoms with Crippen LogP contribution in [0.4, 0.5) is 0 Å². The predicted molar refractivity (Wildman–Crippen MR) is 67.4 cm³/mol. The lowest BCUT2D eigenvalue weighted by atomic mass is 9.94. The molecule has 0 aromatic heterocycles. The van der Waals surface area contributed by atoms with Crippen LogP contribution in [0.5, 0.6) is 0 Å². The molecule has 1 fully saturated rings. The van der Waals surface area contributed by atoms with E-state index in [1.807, 2.05) is 19.1 Å². The molecule has 0 bridgehead atoms. The zero-order chi connectivity index (χ0) is 12.6. The fourth-order valence-corrected chi connectivity index (χ4v) is 2.65. The van der Waals surface area contributed by atoms with Gasteiger partial charge in [0, 0.05) is 17.6 Å². The summed E-state index contributed by atoms with van der Waals surface area (Å²) < 4.78 is 0. The second-order valence-electron chi connectivity index (χ2n) is 4.67. The molecule has 17 heavy (non-hydrogen) atoms. The maximum Gasteiger partial charge on any atom is 0.307 e. The molecule has 3 nitrogen and oxygen atoms in total. The average molecular weight is 254 g/mol. The number of carbonyl (C=O) groups is 1. The van der Waals surface area contributed by atoms with E-state index in [0.29, 0.717) is 18.0 Å². The Bertz CT molecular complexity index is 459. The second-order valence-corrected chi connectivity index (χ2v) is 5.11. The number of hydrogen-bond acceptors (Lipinski definition) is 2. The number of hydrogen-bond donors (Lipinski definition) is 2. The Labute approximate surface area is 106 Å². The van der Waals surface area contributed by atoms with Crippen molar-refractivity contribution >= 4 is 17.6 Å². The van der Waals surface area contributed by atoms with Crippen LogP contribution in [-0.4, -0.2) is 17.6 Å². The van der Waals surface area contributed by atoms with Crippen molar-refractivity contribution in [2.24, 2.45) is 5.92 Å². The van der Waals surface area contributed by atoms with E-state index in [0.717, 1.165) is 11.1 Å². The lowest BCUT2D eigenvalue weighted by Crippen LogP contribution is -2.17. The van der Waals surface area contributed by atoms with E-state index in [-0.39, 0.29) is 12.0 Å². The highest BCUT2D eigenvalue weighted by molar-refractivity contribution is 6.30. The summed E-state index contributed by atoms with van der Waals surface area (Å²) in [5.74, 6) is -1.02. The standard InChI is InChI=1S/C13H16ClNO2/c1-7-3-10(14)5-11(8(7)2)12-4-9(6-15-12)13(16)17/h3,5,9,12,15H,4,6H2,1-2H3,(H,16,17). The molecular weight excluding hydrogens is 238 g/mol. The van der Waals surface area contributed by atoms with E-state index in [1.54, 1.807) is 0 Å². The molecular formula is C13H16ClNO2. The van der Waals surface area contributed by atoms with Crippen molar-refractivity contribution in [2.45, 2.75) is 26.3 Å². The normalized spacial score (nSPS) is 23.9. The number of carboxylic acid groups (broad SMARTS) is 1. The third-order valence-electron chi connectivity index (χ3n) is 3.53. The third kappa shape index (κ3) is 2.45. The fraction of sp³-hybridized carbons (Fsp3) is 0.462. The molecule has 4 heteroatoms. The van der Waals surface area contributed by atoms with Gasteiger partial charge in [-0.2, -0.15) is 0 Å². The summed E-state index contributed by atoms with van der Waals surface area (Å²) in [4.78, 5) is 10.9. The number of nitrogens with one attached hydrogen (secondary N) is 1. The summed E-state index contributed by atoms with van der Waals surface area (Å²) in [5.41, 5.74) is 3.46. The first-order chi connectivity index (χ1) is 7.99. The molecule has 1 aliphatic heterocycles. The Balaban J connectivity index is 2.27. The lowest BCUT2D eigenvalue weighted by Gasteiger charge is -2.16. The molecule has 1 aromatic carbocycles. The van der Waals surface area contributed by atoms with Crippen molar-refractivity contribution in [2.75, 3.05) is 6.54 Å². The number of aryl methyl sites for hydroxylation is 1. The second kappa shape index (κ2) is 4.67. The van der Waals surface area contributed by atoms with E-state index in [2.05, 4.69) is 12.2 Å². The van der Waals surface area contributed by atoms with E-state index >= 15 is 0 Å². The van der Waals surface area contributed by atoms with Gasteiger partial charge in [0.2, 0.25) is 0 Å².